The first-order valence-corrected chi connectivity index (χ1v) is 12.2. The van der Waals surface area contributed by atoms with Crippen molar-refractivity contribution in [2.75, 3.05) is 12.3 Å². The Bertz CT molecular complexity index is 226. The number of hydrogen-bond donors (Lipinski definition) is 0. The van der Waals surface area contributed by atoms with Crippen molar-refractivity contribution < 1.29 is 17.3 Å². The van der Waals surface area contributed by atoms with Gasteiger partial charge in [0.15, 0.2) is 0 Å². The second-order valence-electron chi connectivity index (χ2n) is 7.12. The van der Waals surface area contributed by atoms with Crippen molar-refractivity contribution >= 4 is 15.8 Å². The fraction of sp³-hybridized carbons (Fsp3) is 1.00. The summed E-state index contributed by atoms with van der Waals surface area (Å²) in [6, 6.07) is 0. The Labute approximate surface area is 162 Å². The minimum Gasteiger partial charge on any atom is -0.418 e. The standard InChI is InChI=1S/C20H42P.BF4/c1-3-5-7-9-10-11-12-13-14-15-16-18-20-21-19-17-8-6-4-2;2-1(3,4)5/h3-20H2,1-2H3;/q;-1. The Hall–Kier alpha value is 0.215. The zero-order valence-corrected chi connectivity index (χ0v) is 18.2. The summed E-state index contributed by atoms with van der Waals surface area (Å²) in [5.41, 5.74) is 0. The van der Waals surface area contributed by atoms with Crippen LogP contribution in [0.2, 0.25) is 0 Å². The summed E-state index contributed by atoms with van der Waals surface area (Å²) in [6.07, 6.45) is 26.3. The molecule has 0 unspecified atom stereocenters. The van der Waals surface area contributed by atoms with E-state index in [2.05, 4.69) is 13.8 Å². The van der Waals surface area contributed by atoms with E-state index in [1.807, 2.05) is 0 Å². The minimum atomic E-state index is -6.00. The molecule has 0 saturated heterocycles. The lowest BCUT2D eigenvalue weighted by molar-refractivity contribution is 0.368. The molecule has 1 radical (unpaired) electrons. The smallest absolute Gasteiger partial charge is 0.418 e. The highest BCUT2D eigenvalue weighted by atomic mass is 31.1. The van der Waals surface area contributed by atoms with E-state index in [1.165, 1.54) is 115 Å². The maximum Gasteiger partial charge on any atom is 0.673 e. The van der Waals surface area contributed by atoms with Gasteiger partial charge in [0.25, 0.3) is 0 Å². The maximum absolute atomic E-state index is 9.75. The highest BCUT2D eigenvalue weighted by Crippen LogP contribution is 2.18. The maximum atomic E-state index is 9.75. The molecule has 0 aliphatic rings. The Morgan fingerprint density at radius 2 is 0.692 bits per heavy atom. The molecule has 26 heavy (non-hydrogen) atoms. The normalized spacial score (nSPS) is 11.8. The van der Waals surface area contributed by atoms with Gasteiger partial charge >= 0.3 is 7.25 Å². The van der Waals surface area contributed by atoms with Crippen LogP contribution in [0.3, 0.4) is 0 Å². The molecule has 0 fully saturated rings. The highest BCUT2D eigenvalue weighted by Gasteiger charge is 2.20. The first-order chi connectivity index (χ1) is 12.4. The fourth-order valence-electron chi connectivity index (χ4n) is 2.83. The van der Waals surface area contributed by atoms with Crippen LogP contribution in [0.1, 0.15) is 117 Å². The van der Waals surface area contributed by atoms with Crippen molar-refractivity contribution in [3.63, 3.8) is 0 Å². The van der Waals surface area contributed by atoms with Crippen LogP contribution in [0, 0.1) is 0 Å². The van der Waals surface area contributed by atoms with Crippen molar-refractivity contribution in [3.8, 4) is 0 Å². The average molecular weight is 400 g/mol. The molecule has 0 nitrogen and oxygen atoms in total. The number of halogens is 4. The van der Waals surface area contributed by atoms with Crippen molar-refractivity contribution in [3.05, 3.63) is 0 Å². The predicted octanol–water partition coefficient (Wildman–Crippen LogP) is 9.51. The van der Waals surface area contributed by atoms with E-state index in [0.29, 0.717) is 0 Å². The number of unbranched alkanes of at least 4 members (excludes halogenated alkanes) is 14. The summed E-state index contributed by atoms with van der Waals surface area (Å²) in [6.45, 7) is 4.59. The van der Waals surface area contributed by atoms with E-state index in [4.69, 9.17) is 0 Å². The van der Waals surface area contributed by atoms with E-state index in [1.54, 1.807) is 8.58 Å². The summed E-state index contributed by atoms with van der Waals surface area (Å²) >= 11 is 0. The van der Waals surface area contributed by atoms with Gasteiger partial charge in [-0.1, -0.05) is 112 Å². The first-order valence-electron chi connectivity index (χ1n) is 10.9. The second-order valence-corrected chi connectivity index (χ2v) is 8.46. The summed E-state index contributed by atoms with van der Waals surface area (Å²) in [5, 5.41) is 0. The van der Waals surface area contributed by atoms with Gasteiger partial charge in [-0.05, 0) is 25.2 Å². The van der Waals surface area contributed by atoms with Gasteiger partial charge in [-0.2, -0.15) is 0 Å². The SMILES string of the molecule is CCCCCCCCCCCCCC[P]CCCCCC.F[B-](F)(F)F. The predicted molar refractivity (Wildman–Crippen MR) is 112 cm³/mol. The van der Waals surface area contributed by atoms with E-state index in [9.17, 15) is 17.3 Å². The molecule has 0 rings (SSSR count). The van der Waals surface area contributed by atoms with E-state index in [0.717, 1.165) is 0 Å². The number of hydrogen-bond acceptors (Lipinski definition) is 0. The lowest BCUT2D eigenvalue weighted by Gasteiger charge is -2.03. The molecule has 0 aromatic rings. The Balaban J connectivity index is 0. The average Bonchev–Trinajstić information content (AvgIpc) is 2.56. The minimum absolute atomic E-state index is 1.37. The molecular weight excluding hydrogens is 358 g/mol. The zero-order chi connectivity index (χ0) is 19.9. The molecule has 0 heterocycles. The van der Waals surface area contributed by atoms with Gasteiger partial charge in [0.05, 0.1) is 0 Å². The van der Waals surface area contributed by atoms with Crippen molar-refractivity contribution in [2.45, 2.75) is 117 Å². The topological polar surface area (TPSA) is 0 Å². The quantitative estimate of drug-likeness (QED) is 0.0930. The molecule has 0 spiro atoms. The lowest BCUT2D eigenvalue weighted by atomic mass is 10.1. The van der Waals surface area contributed by atoms with Crippen LogP contribution in [-0.4, -0.2) is 19.6 Å². The summed E-state index contributed by atoms with van der Waals surface area (Å²) < 4.78 is 39.0. The van der Waals surface area contributed by atoms with E-state index in [-0.39, 0.29) is 0 Å². The third-order valence-electron chi connectivity index (χ3n) is 4.34. The molecule has 0 aromatic heterocycles. The zero-order valence-electron chi connectivity index (χ0n) is 17.3. The molecule has 0 bridgehead atoms. The molecule has 0 amide bonds. The Morgan fingerprint density at radius 3 is 1.00 bits per heavy atom. The molecule has 0 aliphatic carbocycles. The van der Waals surface area contributed by atoms with Gasteiger partial charge < -0.3 is 17.3 Å². The largest absolute Gasteiger partial charge is 0.673 e. The van der Waals surface area contributed by atoms with Gasteiger partial charge in [-0.15, -0.1) is 0 Å². The molecule has 0 saturated carbocycles. The lowest BCUT2D eigenvalue weighted by Crippen LogP contribution is -2.02. The van der Waals surface area contributed by atoms with Crippen molar-refractivity contribution in [2.24, 2.45) is 0 Å². The number of rotatable bonds is 18. The van der Waals surface area contributed by atoms with Gasteiger partial charge in [-0.25, -0.2) is 0 Å². The van der Waals surface area contributed by atoms with Gasteiger partial charge in [0.2, 0.25) is 0 Å². The summed E-state index contributed by atoms with van der Waals surface area (Å²) in [7, 11) is -4.28. The monoisotopic (exact) mass is 400 g/mol. The molecule has 0 atom stereocenters. The fourth-order valence-corrected chi connectivity index (χ4v) is 3.94. The molecule has 6 heteroatoms. The van der Waals surface area contributed by atoms with Crippen LogP contribution < -0.4 is 0 Å². The van der Waals surface area contributed by atoms with Gasteiger partial charge in [0.1, 0.15) is 0 Å². The van der Waals surface area contributed by atoms with Crippen LogP contribution in [-0.2, 0) is 0 Å². The van der Waals surface area contributed by atoms with Crippen LogP contribution in [0.4, 0.5) is 17.3 Å². The molecule has 0 aliphatic heterocycles. The van der Waals surface area contributed by atoms with Crippen molar-refractivity contribution in [1.82, 2.24) is 0 Å². The van der Waals surface area contributed by atoms with Crippen LogP contribution in [0.25, 0.3) is 0 Å². The van der Waals surface area contributed by atoms with Crippen LogP contribution in [0.5, 0.6) is 0 Å². The Morgan fingerprint density at radius 1 is 0.462 bits per heavy atom. The summed E-state index contributed by atoms with van der Waals surface area (Å²) in [4.78, 5) is 0. The van der Waals surface area contributed by atoms with Gasteiger partial charge in [0, 0.05) is 0 Å². The third kappa shape index (κ3) is 39.3. The van der Waals surface area contributed by atoms with Crippen LogP contribution in [0.15, 0.2) is 0 Å². The summed E-state index contributed by atoms with van der Waals surface area (Å²) in [5.74, 6) is 0. The highest BCUT2D eigenvalue weighted by molar-refractivity contribution is 7.37. The van der Waals surface area contributed by atoms with Crippen LogP contribution >= 0.6 is 8.58 Å². The van der Waals surface area contributed by atoms with E-state index < -0.39 is 7.25 Å². The van der Waals surface area contributed by atoms with E-state index >= 15 is 0 Å². The van der Waals surface area contributed by atoms with Gasteiger partial charge in [-0.3, -0.25) is 0 Å². The molecule has 0 aromatic carbocycles. The Kier molecular flexibility index (Phi) is 25.4. The first kappa shape index (κ1) is 28.4. The molecule has 0 N–H and O–H groups in total. The van der Waals surface area contributed by atoms with Crippen molar-refractivity contribution in [1.29, 1.82) is 0 Å². The molecular formula is C20H42BF4P-. The molecule has 159 valence electrons. The second kappa shape index (κ2) is 23.3. The third-order valence-corrected chi connectivity index (χ3v) is 5.60.